The summed E-state index contributed by atoms with van der Waals surface area (Å²) in [7, 11) is 1.77. The van der Waals surface area contributed by atoms with E-state index < -0.39 is 0 Å². The lowest BCUT2D eigenvalue weighted by Gasteiger charge is -2.33. The predicted octanol–water partition coefficient (Wildman–Crippen LogP) is 4.47. The Morgan fingerprint density at radius 2 is 1.86 bits per heavy atom. The van der Waals surface area contributed by atoms with Gasteiger partial charge in [0.25, 0.3) is 5.91 Å². The number of hydrogen-bond acceptors (Lipinski definition) is 4. The summed E-state index contributed by atoms with van der Waals surface area (Å²) in [6.07, 6.45) is 2.52. The molecule has 5 nitrogen and oxygen atoms in total. The lowest BCUT2D eigenvalue weighted by atomic mass is 10.1. The van der Waals surface area contributed by atoms with Gasteiger partial charge in [0.15, 0.2) is 6.61 Å². The number of carbonyl (C=O) groups excluding carboxylic acids is 1. The van der Waals surface area contributed by atoms with Crippen LogP contribution < -0.4 is 15.0 Å². The largest absolute Gasteiger partial charge is 0.484 e. The molecule has 0 aliphatic carbocycles. The molecule has 4 rings (SSSR count). The predicted molar refractivity (Wildman–Crippen MR) is 117 cm³/mol. The van der Waals surface area contributed by atoms with Gasteiger partial charge in [0, 0.05) is 31.6 Å². The molecule has 1 atom stereocenters. The van der Waals surface area contributed by atoms with Crippen molar-refractivity contribution in [1.29, 1.82) is 0 Å². The Hall–Kier alpha value is -3.05. The van der Waals surface area contributed by atoms with E-state index in [9.17, 15) is 4.79 Å². The summed E-state index contributed by atoms with van der Waals surface area (Å²) in [5.41, 5.74) is 1.92. The van der Waals surface area contributed by atoms with Crippen LogP contribution in [0.3, 0.4) is 0 Å². The fraction of sp³-hybridized carbons (Fsp3) is 0.292. The highest BCUT2D eigenvalue weighted by atomic mass is 16.5. The smallest absolute Gasteiger partial charge is 0.262 e. The maximum atomic E-state index is 12.3. The van der Waals surface area contributed by atoms with Crippen molar-refractivity contribution in [3.05, 3.63) is 66.7 Å². The van der Waals surface area contributed by atoms with Gasteiger partial charge in [-0.2, -0.15) is 0 Å². The number of nitrogens with zero attached hydrogens (tertiary/aromatic N) is 1. The van der Waals surface area contributed by atoms with Gasteiger partial charge in [0.2, 0.25) is 0 Å². The molecule has 1 aliphatic heterocycles. The summed E-state index contributed by atoms with van der Waals surface area (Å²) in [4.78, 5) is 14.6. The van der Waals surface area contributed by atoms with E-state index in [-0.39, 0.29) is 18.6 Å². The van der Waals surface area contributed by atoms with Crippen LogP contribution >= 0.6 is 0 Å². The second-order valence-electron chi connectivity index (χ2n) is 7.34. The van der Waals surface area contributed by atoms with Crippen LogP contribution in [0.1, 0.15) is 12.8 Å². The lowest BCUT2D eigenvalue weighted by Crippen LogP contribution is -2.39. The Kier molecular flexibility index (Phi) is 5.96. The fourth-order valence-electron chi connectivity index (χ4n) is 3.72. The van der Waals surface area contributed by atoms with Crippen molar-refractivity contribution in [1.82, 2.24) is 0 Å². The van der Waals surface area contributed by atoms with Gasteiger partial charge in [0.1, 0.15) is 5.75 Å². The van der Waals surface area contributed by atoms with Crippen molar-refractivity contribution in [3.8, 4) is 5.75 Å². The summed E-state index contributed by atoms with van der Waals surface area (Å²) in [6.45, 7) is 1.91. The molecule has 0 bridgehead atoms. The van der Waals surface area contributed by atoms with Gasteiger partial charge in [-0.15, -0.1) is 0 Å². The molecular formula is C24H26N2O3. The Bertz CT molecular complexity index is 971. The SMILES string of the molecule is COC1CCCN(c2ccc(NC(=O)COc3ccc4ccccc4c3)cc2)C1. The van der Waals surface area contributed by atoms with Crippen molar-refractivity contribution in [2.45, 2.75) is 18.9 Å². The Labute approximate surface area is 171 Å². The third kappa shape index (κ3) is 4.87. The first-order chi connectivity index (χ1) is 14.2. The van der Waals surface area contributed by atoms with Crippen molar-refractivity contribution in [2.75, 3.05) is 37.0 Å². The third-order valence-electron chi connectivity index (χ3n) is 5.32. The number of piperidine rings is 1. The maximum absolute atomic E-state index is 12.3. The van der Waals surface area contributed by atoms with Gasteiger partial charge >= 0.3 is 0 Å². The minimum Gasteiger partial charge on any atom is -0.484 e. The summed E-state index contributed by atoms with van der Waals surface area (Å²) in [6, 6.07) is 21.8. The molecule has 150 valence electrons. The van der Waals surface area contributed by atoms with Crippen LogP contribution in [0.25, 0.3) is 10.8 Å². The highest BCUT2D eigenvalue weighted by Crippen LogP contribution is 2.23. The Morgan fingerprint density at radius 3 is 2.66 bits per heavy atom. The maximum Gasteiger partial charge on any atom is 0.262 e. The average Bonchev–Trinajstić information content (AvgIpc) is 2.78. The van der Waals surface area contributed by atoms with Crippen LogP contribution in [0.2, 0.25) is 0 Å². The van der Waals surface area contributed by atoms with Crippen LogP contribution in [-0.4, -0.2) is 38.8 Å². The molecule has 1 fully saturated rings. The molecule has 1 N–H and O–H groups in total. The van der Waals surface area contributed by atoms with Gasteiger partial charge in [-0.05, 0) is 60.0 Å². The molecule has 0 radical (unpaired) electrons. The van der Waals surface area contributed by atoms with Crippen molar-refractivity contribution in [3.63, 3.8) is 0 Å². The second-order valence-corrected chi connectivity index (χ2v) is 7.34. The van der Waals surface area contributed by atoms with Gasteiger partial charge in [0.05, 0.1) is 6.10 Å². The molecule has 29 heavy (non-hydrogen) atoms. The van der Waals surface area contributed by atoms with Gasteiger partial charge < -0.3 is 19.7 Å². The van der Waals surface area contributed by atoms with E-state index in [0.717, 1.165) is 48.1 Å². The van der Waals surface area contributed by atoms with Crippen LogP contribution in [0.15, 0.2) is 66.7 Å². The molecule has 0 spiro atoms. The second kappa shape index (κ2) is 8.97. The molecule has 1 heterocycles. The van der Waals surface area contributed by atoms with Crippen LogP contribution in [0, 0.1) is 0 Å². The van der Waals surface area contributed by atoms with E-state index >= 15 is 0 Å². The zero-order valence-corrected chi connectivity index (χ0v) is 16.6. The molecule has 0 saturated carbocycles. The number of carbonyl (C=O) groups is 1. The molecule has 5 heteroatoms. The fourth-order valence-corrected chi connectivity index (χ4v) is 3.72. The molecule has 1 saturated heterocycles. The number of hydrogen-bond donors (Lipinski definition) is 1. The third-order valence-corrected chi connectivity index (χ3v) is 5.32. The van der Waals surface area contributed by atoms with Crippen LogP contribution in [-0.2, 0) is 9.53 Å². The zero-order chi connectivity index (χ0) is 20.1. The van der Waals surface area contributed by atoms with Gasteiger partial charge in [-0.1, -0.05) is 30.3 Å². The van der Waals surface area contributed by atoms with E-state index in [1.54, 1.807) is 7.11 Å². The standard InChI is InChI=1S/C24H26N2O3/c1-28-23-7-4-14-26(16-23)21-11-9-20(10-12-21)25-24(27)17-29-22-13-8-18-5-2-3-6-19(18)15-22/h2-3,5-6,8-13,15,23H,4,7,14,16-17H2,1H3,(H,25,27). The summed E-state index contributed by atoms with van der Waals surface area (Å²) >= 11 is 0. The topological polar surface area (TPSA) is 50.8 Å². The van der Waals surface area contributed by atoms with E-state index in [4.69, 9.17) is 9.47 Å². The number of benzene rings is 3. The van der Waals surface area contributed by atoms with Crippen molar-refractivity contribution < 1.29 is 14.3 Å². The minimum absolute atomic E-state index is 0.0261. The van der Waals surface area contributed by atoms with E-state index in [1.165, 1.54) is 0 Å². The number of amides is 1. The molecule has 0 aromatic heterocycles. The first-order valence-corrected chi connectivity index (χ1v) is 10.0. The number of nitrogens with one attached hydrogen (secondary N) is 1. The van der Waals surface area contributed by atoms with E-state index in [1.807, 2.05) is 60.7 Å². The Balaban J connectivity index is 1.31. The molecule has 1 amide bonds. The summed E-state index contributed by atoms with van der Waals surface area (Å²) in [5, 5.41) is 5.13. The van der Waals surface area contributed by atoms with E-state index in [2.05, 4.69) is 16.3 Å². The summed E-state index contributed by atoms with van der Waals surface area (Å²) in [5.74, 6) is 0.510. The number of fused-ring (bicyclic) bond motifs is 1. The highest BCUT2D eigenvalue weighted by Gasteiger charge is 2.19. The molecule has 1 aliphatic rings. The van der Waals surface area contributed by atoms with E-state index in [0.29, 0.717) is 5.75 Å². The number of methoxy groups -OCH3 is 1. The van der Waals surface area contributed by atoms with Crippen LogP contribution in [0.5, 0.6) is 5.75 Å². The minimum atomic E-state index is -0.177. The lowest BCUT2D eigenvalue weighted by molar-refractivity contribution is -0.118. The average molecular weight is 390 g/mol. The Morgan fingerprint density at radius 1 is 1.07 bits per heavy atom. The van der Waals surface area contributed by atoms with Gasteiger partial charge in [-0.25, -0.2) is 0 Å². The number of ether oxygens (including phenoxy) is 2. The van der Waals surface area contributed by atoms with Crippen molar-refractivity contribution >= 4 is 28.1 Å². The molecule has 3 aromatic carbocycles. The number of anilines is 2. The number of rotatable bonds is 6. The quantitative estimate of drug-likeness (QED) is 0.675. The van der Waals surface area contributed by atoms with Crippen LogP contribution in [0.4, 0.5) is 11.4 Å². The monoisotopic (exact) mass is 390 g/mol. The molecular weight excluding hydrogens is 364 g/mol. The normalized spacial score (nSPS) is 16.6. The van der Waals surface area contributed by atoms with Gasteiger partial charge in [-0.3, -0.25) is 4.79 Å². The molecule has 3 aromatic rings. The zero-order valence-electron chi connectivity index (χ0n) is 16.6. The molecule has 1 unspecified atom stereocenters. The first-order valence-electron chi connectivity index (χ1n) is 10.0. The highest BCUT2D eigenvalue weighted by molar-refractivity contribution is 5.92. The first kappa shape index (κ1) is 19.3. The summed E-state index contributed by atoms with van der Waals surface area (Å²) < 4.78 is 11.2. The van der Waals surface area contributed by atoms with Crippen molar-refractivity contribution in [2.24, 2.45) is 0 Å².